The molecule has 1 amide bonds. The molecule has 0 aliphatic carbocycles. The molecule has 0 aromatic heterocycles. The van der Waals surface area contributed by atoms with Crippen LogP contribution in [0.4, 0.5) is 10.5 Å². The zero-order valence-electron chi connectivity index (χ0n) is 13.9. The second-order valence-corrected chi connectivity index (χ2v) is 6.41. The lowest BCUT2D eigenvalue weighted by Gasteiger charge is -2.33. The number of ether oxygens (including phenoxy) is 1. The van der Waals surface area contributed by atoms with Crippen LogP contribution in [0, 0.1) is 0 Å². The Kier molecular flexibility index (Phi) is 5.42. The maximum absolute atomic E-state index is 12.5. The Morgan fingerprint density at radius 2 is 2.14 bits per heavy atom. The van der Waals surface area contributed by atoms with Crippen molar-refractivity contribution >= 4 is 11.8 Å². The third kappa shape index (κ3) is 4.21. The summed E-state index contributed by atoms with van der Waals surface area (Å²) in [5.74, 6) is 0. The molecule has 0 bridgehead atoms. The average molecular weight is 306 g/mol. The highest BCUT2D eigenvalue weighted by molar-refractivity contribution is 5.90. The molecular formula is C17H26N2O3. The van der Waals surface area contributed by atoms with Gasteiger partial charge in [0.15, 0.2) is 0 Å². The number of aryl methyl sites for hydroxylation is 1. The lowest BCUT2D eigenvalue weighted by Crippen LogP contribution is -2.40. The minimum Gasteiger partial charge on any atom is -0.443 e. The van der Waals surface area contributed by atoms with Gasteiger partial charge in [0.25, 0.3) is 0 Å². The molecule has 1 aromatic rings. The van der Waals surface area contributed by atoms with E-state index in [0.717, 1.165) is 24.1 Å². The molecule has 5 heteroatoms. The fourth-order valence-electron chi connectivity index (χ4n) is 2.61. The summed E-state index contributed by atoms with van der Waals surface area (Å²) >= 11 is 0. The molecule has 1 aromatic carbocycles. The number of fused-ring (bicyclic) bond motifs is 1. The average Bonchev–Trinajstić information content (AvgIpc) is 2.45. The van der Waals surface area contributed by atoms with Gasteiger partial charge in [-0.2, -0.15) is 5.48 Å². The highest BCUT2D eigenvalue weighted by Gasteiger charge is 2.28. The summed E-state index contributed by atoms with van der Waals surface area (Å²) in [6.45, 7) is 9.45. The van der Waals surface area contributed by atoms with Crippen LogP contribution in [-0.4, -0.2) is 24.8 Å². The number of carbonyl (C=O) groups excluding carboxylic acids is 1. The van der Waals surface area contributed by atoms with Crippen LogP contribution in [0.1, 0.15) is 45.2 Å². The Labute approximate surface area is 132 Å². The third-order valence-electron chi connectivity index (χ3n) is 3.42. The second-order valence-electron chi connectivity index (χ2n) is 6.41. The van der Waals surface area contributed by atoms with Crippen LogP contribution in [0.2, 0.25) is 0 Å². The molecule has 22 heavy (non-hydrogen) atoms. The maximum Gasteiger partial charge on any atom is 0.414 e. The molecule has 0 saturated carbocycles. The highest BCUT2D eigenvalue weighted by atomic mass is 16.6. The lowest BCUT2D eigenvalue weighted by atomic mass is 9.98. The van der Waals surface area contributed by atoms with Crippen molar-refractivity contribution in [2.45, 2.75) is 52.7 Å². The Morgan fingerprint density at radius 1 is 1.36 bits per heavy atom. The molecule has 1 N–H and O–H groups in total. The van der Waals surface area contributed by atoms with Crippen molar-refractivity contribution < 1.29 is 14.4 Å². The van der Waals surface area contributed by atoms with Crippen LogP contribution in [0.15, 0.2) is 18.2 Å². The molecule has 1 aliphatic rings. The first-order valence-electron chi connectivity index (χ1n) is 7.88. The fourth-order valence-corrected chi connectivity index (χ4v) is 2.61. The van der Waals surface area contributed by atoms with Crippen molar-refractivity contribution in [1.82, 2.24) is 5.48 Å². The van der Waals surface area contributed by atoms with Gasteiger partial charge < -0.3 is 9.57 Å². The number of carbonyl (C=O) groups is 1. The number of anilines is 1. The number of hydrogen-bond donors (Lipinski definition) is 1. The van der Waals surface area contributed by atoms with Gasteiger partial charge in [0.1, 0.15) is 5.60 Å². The normalized spacial score (nSPS) is 14.6. The van der Waals surface area contributed by atoms with Crippen molar-refractivity contribution in [2.24, 2.45) is 0 Å². The first-order valence-corrected chi connectivity index (χ1v) is 7.88. The number of amides is 1. The Morgan fingerprint density at radius 3 is 2.82 bits per heavy atom. The maximum atomic E-state index is 12.5. The molecule has 122 valence electrons. The smallest absolute Gasteiger partial charge is 0.414 e. The van der Waals surface area contributed by atoms with Crippen molar-refractivity contribution in [3.8, 4) is 0 Å². The van der Waals surface area contributed by atoms with Gasteiger partial charge in [-0.3, -0.25) is 4.90 Å². The van der Waals surface area contributed by atoms with Gasteiger partial charge in [-0.05, 0) is 51.7 Å². The first kappa shape index (κ1) is 16.8. The summed E-state index contributed by atoms with van der Waals surface area (Å²) in [7, 11) is 0. The summed E-state index contributed by atoms with van der Waals surface area (Å²) in [4.78, 5) is 19.5. The number of nitrogens with one attached hydrogen (secondary N) is 1. The van der Waals surface area contributed by atoms with Crippen LogP contribution >= 0.6 is 0 Å². The number of benzene rings is 1. The van der Waals surface area contributed by atoms with Crippen molar-refractivity contribution in [2.75, 3.05) is 18.1 Å². The Hall–Kier alpha value is -1.59. The highest BCUT2D eigenvalue weighted by Crippen LogP contribution is 2.32. The molecule has 1 aliphatic heterocycles. The number of hydrogen-bond acceptors (Lipinski definition) is 4. The van der Waals surface area contributed by atoms with Crippen molar-refractivity contribution in [1.29, 1.82) is 0 Å². The van der Waals surface area contributed by atoms with E-state index < -0.39 is 5.60 Å². The van der Waals surface area contributed by atoms with Crippen LogP contribution in [-0.2, 0) is 22.5 Å². The van der Waals surface area contributed by atoms with E-state index in [1.807, 2.05) is 39.8 Å². The number of rotatable bonds is 4. The minimum atomic E-state index is -0.493. The molecule has 0 atom stereocenters. The number of hydroxylamine groups is 1. The predicted octanol–water partition coefficient (Wildman–Crippen LogP) is 3.42. The van der Waals surface area contributed by atoms with Gasteiger partial charge in [-0.1, -0.05) is 18.2 Å². The summed E-state index contributed by atoms with van der Waals surface area (Å²) in [5.41, 5.74) is 5.65. The molecular weight excluding hydrogens is 280 g/mol. The topological polar surface area (TPSA) is 50.8 Å². The molecule has 0 unspecified atom stereocenters. The second kappa shape index (κ2) is 7.11. The Balaban J connectivity index is 2.25. The van der Waals surface area contributed by atoms with E-state index in [9.17, 15) is 4.79 Å². The van der Waals surface area contributed by atoms with Gasteiger partial charge in [-0.15, -0.1) is 0 Å². The molecule has 0 radical (unpaired) electrons. The van der Waals surface area contributed by atoms with Gasteiger partial charge in [0.2, 0.25) is 0 Å². The van der Waals surface area contributed by atoms with Crippen LogP contribution in [0.3, 0.4) is 0 Å². The van der Waals surface area contributed by atoms with E-state index >= 15 is 0 Å². The zero-order chi connectivity index (χ0) is 16.2. The lowest BCUT2D eigenvalue weighted by molar-refractivity contribution is 0.0460. The molecule has 0 fully saturated rings. The molecule has 0 spiro atoms. The standard InChI is InChI=1S/C17H26N2O3/c1-5-21-18-12-14-9-6-8-13-10-7-11-19(15(13)14)16(20)22-17(2,3)4/h6,8-9,18H,5,7,10-12H2,1-4H3. The molecule has 5 nitrogen and oxygen atoms in total. The largest absolute Gasteiger partial charge is 0.443 e. The number of para-hydroxylation sites is 1. The van der Waals surface area contributed by atoms with E-state index in [1.165, 1.54) is 5.56 Å². The number of nitrogens with zero attached hydrogens (tertiary/aromatic N) is 1. The summed E-state index contributed by atoms with van der Waals surface area (Å²) in [5, 5.41) is 0. The van der Waals surface area contributed by atoms with Crippen LogP contribution < -0.4 is 10.4 Å². The van der Waals surface area contributed by atoms with Crippen molar-refractivity contribution in [3.05, 3.63) is 29.3 Å². The SMILES string of the molecule is CCONCc1cccc2c1N(C(=O)OC(C)(C)C)CCC2. The van der Waals surface area contributed by atoms with Gasteiger partial charge in [0, 0.05) is 13.1 Å². The Bertz CT molecular complexity index is 523. The molecule has 1 heterocycles. The third-order valence-corrected chi connectivity index (χ3v) is 3.42. The van der Waals surface area contributed by atoms with E-state index in [1.54, 1.807) is 4.90 Å². The van der Waals surface area contributed by atoms with E-state index in [-0.39, 0.29) is 6.09 Å². The summed E-state index contributed by atoms with van der Waals surface area (Å²) in [6, 6.07) is 6.13. The quantitative estimate of drug-likeness (QED) is 0.684. The predicted molar refractivity (Wildman–Crippen MR) is 86.8 cm³/mol. The summed E-state index contributed by atoms with van der Waals surface area (Å²) < 4.78 is 5.55. The van der Waals surface area contributed by atoms with Crippen LogP contribution in [0.25, 0.3) is 0 Å². The van der Waals surface area contributed by atoms with E-state index in [2.05, 4.69) is 11.5 Å². The van der Waals surface area contributed by atoms with E-state index in [0.29, 0.717) is 19.7 Å². The summed E-state index contributed by atoms with van der Waals surface area (Å²) in [6.07, 6.45) is 1.66. The van der Waals surface area contributed by atoms with Gasteiger partial charge in [-0.25, -0.2) is 4.79 Å². The van der Waals surface area contributed by atoms with Crippen molar-refractivity contribution in [3.63, 3.8) is 0 Å². The first-order chi connectivity index (χ1) is 10.4. The van der Waals surface area contributed by atoms with Crippen LogP contribution in [0.5, 0.6) is 0 Å². The zero-order valence-corrected chi connectivity index (χ0v) is 13.9. The fraction of sp³-hybridized carbons (Fsp3) is 0.588. The van der Waals surface area contributed by atoms with Gasteiger partial charge in [0.05, 0.1) is 12.3 Å². The van der Waals surface area contributed by atoms with E-state index in [4.69, 9.17) is 9.57 Å². The molecule has 0 saturated heterocycles. The minimum absolute atomic E-state index is 0.280. The monoisotopic (exact) mass is 306 g/mol. The van der Waals surface area contributed by atoms with Gasteiger partial charge >= 0.3 is 6.09 Å². The molecule has 2 rings (SSSR count).